The third-order valence-electron chi connectivity index (χ3n) is 3.41. The molecule has 0 radical (unpaired) electrons. The second-order valence-corrected chi connectivity index (χ2v) is 6.08. The highest BCUT2D eigenvalue weighted by Crippen LogP contribution is 2.25. The number of amides is 1. The number of rotatable bonds is 5. The Morgan fingerprint density at radius 3 is 2.96 bits per heavy atom. The van der Waals surface area contributed by atoms with E-state index in [0.717, 1.165) is 10.6 Å². The molecule has 3 rings (SSSR count). The van der Waals surface area contributed by atoms with Crippen LogP contribution in [0.15, 0.2) is 28.1 Å². The molecule has 120 valence electrons. The maximum absolute atomic E-state index is 12.5. The van der Waals surface area contributed by atoms with Gasteiger partial charge in [-0.25, -0.2) is 0 Å². The van der Waals surface area contributed by atoms with Gasteiger partial charge in [0.1, 0.15) is 0 Å². The summed E-state index contributed by atoms with van der Waals surface area (Å²) in [6.07, 6.45) is 0.676. The number of thiophene rings is 1. The first kappa shape index (κ1) is 15.4. The number of hydrogen-bond acceptors (Lipinski definition) is 6. The van der Waals surface area contributed by atoms with Gasteiger partial charge in [0.05, 0.1) is 17.1 Å². The third-order valence-corrected chi connectivity index (χ3v) is 4.30. The minimum Gasteiger partial charge on any atom is -0.339 e. The molecule has 0 aliphatic carbocycles. The van der Waals surface area contributed by atoms with Crippen molar-refractivity contribution in [2.45, 2.75) is 19.9 Å². The molecular weight excluding hydrogens is 314 g/mol. The molecular formula is C15H17N5O2S. The molecule has 0 saturated carbocycles. The van der Waals surface area contributed by atoms with Crippen LogP contribution >= 0.6 is 11.3 Å². The quantitative estimate of drug-likeness (QED) is 0.717. The van der Waals surface area contributed by atoms with Crippen molar-refractivity contribution in [1.29, 1.82) is 0 Å². The predicted molar refractivity (Wildman–Crippen MR) is 86.0 cm³/mol. The van der Waals surface area contributed by atoms with Gasteiger partial charge >= 0.3 is 0 Å². The summed E-state index contributed by atoms with van der Waals surface area (Å²) in [7, 11) is 3.53. The lowest BCUT2D eigenvalue weighted by Crippen LogP contribution is -2.27. The van der Waals surface area contributed by atoms with E-state index in [-0.39, 0.29) is 12.5 Å². The largest absolute Gasteiger partial charge is 0.339 e. The van der Waals surface area contributed by atoms with Crippen LogP contribution in [0.4, 0.5) is 0 Å². The zero-order valence-corrected chi connectivity index (χ0v) is 14.0. The minimum atomic E-state index is -0.175. The number of carbonyl (C=O) groups is 1. The molecule has 0 spiro atoms. The molecule has 0 aliphatic heterocycles. The van der Waals surface area contributed by atoms with Crippen molar-refractivity contribution in [2.75, 3.05) is 7.05 Å². The van der Waals surface area contributed by atoms with Crippen molar-refractivity contribution < 1.29 is 9.32 Å². The first-order valence-electron chi connectivity index (χ1n) is 7.23. The third kappa shape index (κ3) is 3.16. The van der Waals surface area contributed by atoms with Crippen LogP contribution in [0.3, 0.4) is 0 Å². The molecule has 0 atom stereocenters. The molecule has 23 heavy (non-hydrogen) atoms. The molecule has 8 heteroatoms. The van der Waals surface area contributed by atoms with E-state index < -0.39 is 0 Å². The van der Waals surface area contributed by atoms with Crippen molar-refractivity contribution in [3.8, 4) is 10.6 Å². The highest BCUT2D eigenvalue weighted by Gasteiger charge is 2.19. The predicted octanol–water partition coefficient (Wildman–Crippen LogP) is 2.37. The van der Waals surface area contributed by atoms with E-state index in [0.29, 0.717) is 23.8 Å². The fraction of sp³-hybridized carbons (Fsp3) is 0.333. The summed E-state index contributed by atoms with van der Waals surface area (Å²) < 4.78 is 6.77. The molecule has 3 aromatic heterocycles. The molecule has 0 bridgehead atoms. The van der Waals surface area contributed by atoms with E-state index in [1.54, 1.807) is 29.1 Å². The van der Waals surface area contributed by atoms with E-state index in [1.807, 2.05) is 31.5 Å². The summed E-state index contributed by atoms with van der Waals surface area (Å²) in [5, 5.41) is 10.2. The van der Waals surface area contributed by atoms with Crippen LogP contribution in [0.1, 0.15) is 29.1 Å². The Labute approximate surface area is 137 Å². The van der Waals surface area contributed by atoms with Gasteiger partial charge in [-0.2, -0.15) is 10.1 Å². The molecule has 0 aromatic carbocycles. The standard InChI is InChI=1S/C15H17N5O2S/c1-4-14-16-13(18-22-14)9-19(2)15(21)10-8-11(20(3)17-10)12-6-5-7-23-12/h5-8H,4,9H2,1-3H3. The highest BCUT2D eigenvalue weighted by atomic mass is 32.1. The molecule has 0 fully saturated rings. The van der Waals surface area contributed by atoms with Crippen molar-refractivity contribution in [3.63, 3.8) is 0 Å². The van der Waals surface area contributed by atoms with Gasteiger partial charge in [0.25, 0.3) is 5.91 Å². The first-order valence-corrected chi connectivity index (χ1v) is 8.11. The lowest BCUT2D eigenvalue weighted by atomic mass is 10.3. The summed E-state index contributed by atoms with van der Waals surface area (Å²) >= 11 is 1.61. The van der Waals surface area contributed by atoms with Gasteiger partial charge in [0.2, 0.25) is 5.89 Å². The number of aryl methyl sites for hydroxylation is 2. The molecule has 0 saturated heterocycles. The maximum atomic E-state index is 12.5. The van der Waals surface area contributed by atoms with Gasteiger partial charge in [-0.1, -0.05) is 18.1 Å². The zero-order chi connectivity index (χ0) is 16.4. The van der Waals surface area contributed by atoms with Crippen molar-refractivity contribution >= 4 is 17.2 Å². The van der Waals surface area contributed by atoms with Gasteiger partial charge in [-0.05, 0) is 17.5 Å². The van der Waals surface area contributed by atoms with Crippen LogP contribution in [0, 0.1) is 0 Å². The van der Waals surface area contributed by atoms with Gasteiger partial charge in [0.15, 0.2) is 11.5 Å². The highest BCUT2D eigenvalue weighted by molar-refractivity contribution is 7.13. The smallest absolute Gasteiger partial charge is 0.274 e. The maximum Gasteiger partial charge on any atom is 0.274 e. The van der Waals surface area contributed by atoms with Crippen LogP contribution in [0.2, 0.25) is 0 Å². The minimum absolute atomic E-state index is 0.175. The second kappa shape index (κ2) is 6.33. The lowest BCUT2D eigenvalue weighted by Gasteiger charge is -2.12. The molecule has 0 N–H and O–H groups in total. The first-order chi connectivity index (χ1) is 11.1. The van der Waals surface area contributed by atoms with Crippen LogP contribution in [-0.4, -0.2) is 37.8 Å². The van der Waals surface area contributed by atoms with Gasteiger partial charge in [-0.3, -0.25) is 9.48 Å². The monoisotopic (exact) mass is 331 g/mol. The van der Waals surface area contributed by atoms with E-state index in [4.69, 9.17) is 4.52 Å². The molecule has 3 heterocycles. The van der Waals surface area contributed by atoms with E-state index >= 15 is 0 Å². The van der Waals surface area contributed by atoms with Crippen molar-refractivity contribution in [3.05, 3.63) is 41.0 Å². The SMILES string of the molecule is CCc1nc(CN(C)C(=O)c2cc(-c3cccs3)n(C)n2)no1. The van der Waals surface area contributed by atoms with Gasteiger partial charge in [-0.15, -0.1) is 11.3 Å². The summed E-state index contributed by atoms with van der Waals surface area (Å²) in [6.45, 7) is 2.22. The summed E-state index contributed by atoms with van der Waals surface area (Å²) in [5.74, 6) is 0.886. The molecule has 0 unspecified atom stereocenters. The van der Waals surface area contributed by atoms with Crippen LogP contribution < -0.4 is 0 Å². The summed E-state index contributed by atoms with van der Waals surface area (Å²) in [4.78, 5) is 19.3. The van der Waals surface area contributed by atoms with E-state index in [1.165, 1.54) is 4.90 Å². The molecule has 3 aromatic rings. The topological polar surface area (TPSA) is 77.1 Å². The Bertz CT molecular complexity index is 806. The zero-order valence-electron chi connectivity index (χ0n) is 13.2. The van der Waals surface area contributed by atoms with Crippen molar-refractivity contribution in [1.82, 2.24) is 24.8 Å². The Morgan fingerprint density at radius 2 is 2.30 bits per heavy atom. The van der Waals surface area contributed by atoms with Gasteiger partial charge in [0, 0.05) is 20.5 Å². The van der Waals surface area contributed by atoms with Crippen molar-refractivity contribution in [2.24, 2.45) is 7.05 Å². The Morgan fingerprint density at radius 1 is 1.48 bits per heavy atom. The Balaban J connectivity index is 1.76. The molecule has 0 aliphatic rings. The second-order valence-electron chi connectivity index (χ2n) is 5.13. The average Bonchev–Trinajstić information content (AvgIpc) is 3.26. The fourth-order valence-electron chi connectivity index (χ4n) is 2.20. The number of nitrogens with zero attached hydrogens (tertiary/aromatic N) is 5. The number of hydrogen-bond donors (Lipinski definition) is 0. The number of aromatic nitrogens is 4. The molecule has 1 amide bonds. The lowest BCUT2D eigenvalue weighted by molar-refractivity contribution is 0.0774. The molecule has 7 nitrogen and oxygen atoms in total. The van der Waals surface area contributed by atoms with Crippen LogP contribution in [0.25, 0.3) is 10.6 Å². The van der Waals surface area contributed by atoms with Gasteiger partial charge < -0.3 is 9.42 Å². The van der Waals surface area contributed by atoms with Crippen LogP contribution in [0.5, 0.6) is 0 Å². The van der Waals surface area contributed by atoms with E-state index in [2.05, 4.69) is 15.2 Å². The number of carbonyl (C=O) groups excluding carboxylic acids is 1. The Kier molecular flexibility index (Phi) is 4.24. The normalized spacial score (nSPS) is 10.9. The average molecular weight is 331 g/mol. The fourth-order valence-corrected chi connectivity index (χ4v) is 2.98. The Hall–Kier alpha value is -2.48. The summed E-state index contributed by atoms with van der Waals surface area (Å²) in [5.41, 5.74) is 1.32. The van der Waals surface area contributed by atoms with Crippen LogP contribution in [-0.2, 0) is 20.0 Å². The van der Waals surface area contributed by atoms with E-state index in [9.17, 15) is 4.79 Å². The summed E-state index contributed by atoms with van der Waals surface area (Å²) in [6, 6.07) is 5.78.